The molecule has 1 heterocycles. The lowest BCUT2D eigenvalue weighted by molar-refractivity contribution is 0.0699. The van der Waals surface area contributed by atoms with Crippen LogP contribution in [0.3, 0.4) is 0 Å². The lowest BCUT2D eigenvalue weighted by Gasteiger charge is -2.08. The highest BCUT2D eigenvalue weighted by atomic mass is 16.5. The van der Waals surface area contributed by atoms with Crippen molar-refractivity contribution in [2.45, 2.75) is 13.5 Å². The van der Waals surface area contributed by atoms with E-state index in [1.165, 1.54) is 0 Å². The molecule has 0 aliphatic carbocycles. The number of hydrogen-bond donors (Lipinski definition) is 2. The van der Waals surface area contributed by atoms with Crippen molar-refractivity contribution >= 4 is 17.0 Å². The van der Waals surface area contributed by atoms with E-state index in [1.54, 1.807) is 6.07 Å². The molecule has 0 saturated heterocycles. The van der Waals surface area contributed by atoms with E-state index in [0.29, 0.717) is 23.5 Å². The smallest absolute Gasteiger partial charge is 0.337 e. The first-order valence-corrected chi connectivity index (χ1v) is 8.61. The second kappa shape index (κ2) is 6.96. The molecule has 0 aliphatic rings. The number of aryl methyl sites for hydroxylation is 1. The van der Waals surface area contributed by atoms with E-state index in [1.807, 2.05) is 67.6 Å². The number of aromatic nitrogens is 2. The molecular weight excluding hydrogens is 340 g/mol. The summed E-state index contributed by atoms with van der Waals surface area (Å²) in [5.74, 6) is 0.463. The van der Waals surface area contributed by atoms with Gasteiger partial charge >= 0.3 is 5.97 Å². The zero-order valence-electron chi connectivity index (χ0n) is 14.8. The van der Waals surface area contributed by atoms with Gasteiger partial charge in [0.15, 0.2) is 0 Å². The van der Waals surface area contributed by atoms with Crippen LogP contribution in [0.2, 0.25) is 0 Å². The molecule has 0 amide bonds. The maximum atomic E-state index is 11.6. The Hall–Kier alpha value is -3.60. The summed E-state index contributed by atoms with van der Waals surface area (Å²) in [6, 6.07) is 21.2. The molecule has 0 fully saturated rings. The zero-order valence-corrected chi connectivity index (χ0v) is 14.8. The minimum Gasteiger partial charge on any atom is -0.489 e. The van der Waals surface area contributed by atoms with E-state index >= 15 is 0 Å². The minimum absolute atomic E-state index is 0.191. The summed E-state index contributed by atoms with van der Waals surface area (Å²) in [4.78, 5) is 19.0. The summed E-state index contributed by atoms with van der Waals surface area (Å²) >= 11 is 0. The summed E-state index contributed by atoms with van der Waals surface area (Å²) in [5, 5.41) is 9.51. The maximum Gasteiger partial charge on any atom is 0.337 e. The van der Waals surface area contributed by atoms with Crippen LogP contribution in [0.1, 0.15) is 21.7 Å². The Kier molecular flexibility index (Phi) is 4.34. The number of ether oxygens (including phenoxy) is 1. The second-order valence-corrected chi connectivity index (χ2v) is 6.35. The van der Waals surface area contributed by atoms with Crippen LogP contribution in [-0.4, -0.2) is 21.0 Å². The Labute approximate surface area is 156 Å². The highest BCUT2D eigenvalue weighted by Gasteiger charge is 2.14. The number of benzene rings is 3. The van der Waals surface area contributed by atoms with Gasteiger partial charge in [0.25, 0.3) is 0 Å². The molecule has 0 atom stereocenters. The van der Waals surface area contributed by atoms with Gasteiger partial charge in [-0.25, -0.2) is 9.78 Å². The average Bonchev–Trinajstić information content (AvgIpc) is 3.06. The SMILES string of the molecule is Cc1nc2c(C(=O)O)cc(-c3ccc(OCc4ccccc4)cc3)cc2[nH]1. The van der Waals surface area contributed by atoms with E-state index in [9.17, 15) is 9.90 Å². The molecule has 2 N–H and O–H groups in total. The number of carboxylic acids is 1. The Morgan fingerprint density at radius 1 is 1.04 bits per heavy atom. The fraction of sp³-hybridized carbons (Fsp3) is 0.0909. The number of nitrogens with zero attached hydrogens (tertiary/aromatic N) is 1. The Morgan fingerprint density at radius 3 is 2.48 bits per heavy atom. The van der Waals surface area contributed by atoms with Crippen molar-refractivity contribution in [2.24, 2.45) is 0 Å². The van der Waals surface area contributed by atoms with Gasteiger partial charge in [-0.3, -0.25) is 0 Å². The monoisotopic (exact) mass is 358 g/mol. The summed E-state index contributed by atoms with van der Waals surface area (Å²) in [6.45, 7) is 2.31. The lowest BCUT2D eigenvalue weighted by Crippen LogP contribution is -1.98. The molecule has 0 radical (unpaired) electrons. The first kappa shape index (κ1) is 16.8. The fourth-order valence-corrected chi connectivity index (χ4v) is 3.05. The molecule has 0 saturated carbocycles. The molecule has 27 heavy (non-hydrogen) atoms. The maximum absolute atomic E-state index is 11.6. The highest BCUT2D eigenvalue weighted by Crippen LogP contribution is 2.28. The van der Waals surface area contributed by atoms with Crippen molar-refractivity contribution < 1.29 is 14.6 Å². The fourth-order valence-electron chi connectivity index (χ4n) is 3.05. The predicted molar refractivity (Wildman–Crippen MR) is 104 cm³/mol. The third-order valence-corrected chi connectivity index (χ3v) is 4.37. The molecule has 134 valence electrons. The van der Waals surface area contributed by atoms with Crippen LogP contribution in [0.5, 0.6) is 5.75 Å². The quantitative estimate of drug-likeness (QED) is 0.536. The number of nitrogens with one attached hydrogen (secondary N) is 1. The summed E-state index contributed by atoms with van der Waals surface area (Å²) in [5.41, 5.74) is 4.22. The van der Waals surface area contributed by atoms with Crippen molar-refractivity contribution in [1.82, 2.24) is 9.97 Å². The van der Waals surface area contributed by atoms with E-state index in [0.717, 1.165) is 22.4 Å². The number of rotatable bonds is 5. The molecular formula is C22H18N2O3. The van der Waals surface area contributed by atoms with Gasteiger partial charge in [-0.1, -0.05) is 42.5 Å². The van der Waals surface area contributed by atoms with Gasteiger partial charge in [0.05, 0.1) is 11.1 Å². The van der Waals surface area contributed by atoms with Crippen LogP contribution in [0.15, 0.2) is 66.7 Å². The van der Waals surface area contributed by atoms with Gasteiger partial charge < -0.3 is 14.8 Å². The van der Waals surface area contributed by atoms with Crippen LogP contribution >= 0.6 is 0 Å². The van der Waals surface area contributed by atoms with Crippen LogP contribution in [0, 0.1) is 6.92 Å². The summed E-state index contributed by atoms with van der Waals surface area (Å²) < 4.78 is 5.81. The van der Waals surface area contributed by atoms with Gasteiger partial charge in [0.1, 0.15) is 23.7 Å². The number of H-pyrrole nitrogens is 1. The van der Waals surface area contributed by atoms with E-state index in [4.69, 9.17) is 4.74 Å². The molecule has 5 nitrogen and oxygen atoms in total. The standard InChI is InChI=1S/C22H18N2O3/c1-14-23-20-12-17(11-19(22(25)26)21(20)24-14)16-7-9-18(10-8-16)27-13-15-5-3-2-4-6-15/h2-12H,13H2,1H3,(H,23,24)(H,25,26). The number of aromatic amines is 1. The number of fused-ring (bicyclic) bond motifs is 1. The molecule has 4 rings (SSSR count). The number of carbonyl (C=O) groups is 1. The molecule has 0 aliphatic heterocycles. The van der Waals surface area contributed by atoms with E-state index in [-0.39, 0.29) is 5.56 Å². The van der Waals surface area contributed by atoms with Gasteiger partial charge in [0.2, 0.25) is 0 Å². The van der Waals surface area contributed by atoms with Crippen molar-refractivity contribution in [3.05, 3.63) is 83.7 Å². The number of carboxylic acid groups (broad SMARTS) is 1. The number of hydrogen-bond acceptors (Lipinski definition) is 3. The van der Waals surface area contributed by atoms with Gasteiger partial charge in [-0.05, 0) is 47.9 Å². The van der Waals surface area contributed by atoms with Crippen LogP contribution in [0.25, 0.3) is 22.2 Å². The van der Waals surface area contributed by atoms with Gasteiger partial charge in [-0.15, -0.1) is 0 Å². The molecule has 0 unspecified atom stereocenters. The summed E-state index contributed by atoms with van der Waals surface area (Å²) in [7, 11) is 0. The van der Waals surface area contributed by atoms with Crippen LogP contribution < -0.4 is 4.74 Å². The average molecular weight is 358 g/mol. The molecule has 0 bridgehead atoms. The number of imidazole rings is 1. The zero-order chi connectivity index (χ0) is 18.8. The Bertz CT molecular complexity index is 1100. The van der Waals surface area contributed by atoms with E-state index in [2.05, 4.69) is 9.97 Å². The van der Waals surface area contributed by atoms with Crippen molar-refractivity contribution in [2.75, 3.05) is 0 Å². The van der Waals surface area contributed by atoms with Crippen LogP contribution in [-0.2, 0) is 6.61 Å². The summed E-state index contributed by atoms with van der Waals surface area (Å²) in [6.07, 6.45) is 0. The normalized spacial score (nSPS) is 10.9. The second-order valence-electron chi connectivity index (χ2n) is 6.35. The van der Waals surface area contributed by atoms with E-state index < -0.39 is 5.97 Å². The Morgan fingerprint density at radius 2 is 1.78 bits per heavy atom. The largest absolute Gasteiger partial charge is 0.489 e. The molecule has 3 aromatic carbocycles. The third kappa shape index (κ3) is 3.53. The Balaban J connectivity index is 1.61. The van der Waals surface area contributed by atoms with Gasteiger partial charge in [0, 0.05) is 0 Å². The number of aromatic carboxylic acids is 1. The topological polar surface area (TPSA) is 75.2 Å². The minimum atomic E-state index is -0.990. The van der Waals surface area contributed by atoms with Crippen molar-refractivity contribution in [3.63, 3.8) is 0 Å². The molecule has 0 spiro atoms. The van der Waals surface area contributed by atoms with Crippen LogP contribution in [0.4, 0.5) is 0 Å². The van der Waals surface area contributed by atoms with Crippen molar-refractivity contribution in [1.29, 1.82) is 0 Å². The molecule has 5 heteroatoms. The van der Waals surface area contributed by atoms with Crippen molar-refractivity contribution in [3.8, 4) is 16.9 Å². The molecule has 1 aromatic heterocycles. The molecule has 4 aromatic rings. The highest BCUT2D eigenvalue weighted by molar-refractivity contribution is 6.03. The predicted octanol–water partition coefficient (Wildman–Crippen LogP) is 4.82. The third-order valence-electron chi connectivity index (χ3n) is 4.37. The first-order chi connectivity index (χ1) is 13.1. The lowest BCUT2D eigenvalue weighted by atomic mass is 10.0. The first-order valence-electron chi connectivity index (χ1n) is 8.61. The van der Waals surface area contributed by atoms with Gasteiger partial charge in [-0.2, -0.15) is 0 Å².